The highest BCUT2D eigenvalue weighted by atomic mass is 79.9. The van der Waals surface area contributed by atoms with E-state index in [-0.39, 0.29) is 5.56 Å². The van der Waals surface area contributed by atoms with Crippen molar-refractivity contribution in [3.05, 3.63) is 57.5 Å². The molecular formula is C17H15BrClNO4. The molecule has 0 bridgehead atoms. The third-order valence-electron chi connectivity index (χ3n) is 3.15. The molecule has 1 N–H and O–H groups in total. The summed E-state index contributed by atoms with van der Waals surface area (Å²) in [5.74, 6) is -0.801. The molecule has 0 unspecified atom stereocenters. The van der Waals surface area contributed by atoms with Gasteiger partial charge in [0.05, 0.1) is 7.11 Å². The van der Waals surface area contributed by atoms with Gasteiger partial charge in [-0.15, -0.1) is 0 Å². The number of carbonyl (C=O) groups excluding carboxylic acids is 2. The molecule has 5 nitrogen and oxygen atoms in total. The molecule has 24 heavy (non-hydrogen) atoms. The number of carbonyl (C=O) groups is 2. The zero-order chi connectivity index (χ0) is 17.7. The van der Waals surface area contributed by atoms with Crippen LogP contribution in [-0.2, 0) is 9.53 Å². The maximum Gasteiger partial charge on any atom is 0.342 e. The van der Waals surface area contributed by atoms with Crippen LogP contribution in [0.1, 0.15) is 17.3 Å². The second kappa shape index (κ2) is 8.17. The summed E-state index contributed by atoms with van der Waals surface area (Å²) in [5.41, 5.74) is 0.764. The number of ether oxygens (including phenoxy) is 2. The summed E-state index contributed by atoms with van der Waals surface area (Å²) in [6.07, 6.45) is -0.982. The summed E-state index contributed by atoms with van der Waals surface area (Å²) >= 11 is 9.20. The highest BCUT2D eigenvalue weighted by Gasteiger charge is 2.21. The predicted molar refractivity (Wildman–Crippen MR) is 95.7 cm³/mol. The molecule has 7 heteroatoms. The van der Waals surface area contributed by atoms with E-state index in [1.807, 2.05) is 0 Å². The molecule has 0 aliphatic carbocycles. The molecule has 0 fully saturated rings. The smallest absolute Gasteiger partial charge is 0.342 e. The molecule has 0 aromatic heterocycles. The number of halogens is 2. The molecule has 0 aliphatic heterocycles. The fraction of sp³-hybridized carbons (Fsp3) is 0.176. The molecule has 2 aromatic carbocycles. The van der Waals surface area contributed by atoms with E-state index in [0.717, 1.165) is 4.47 Å². The summed E-state index contributed by atoms with van der Waals surface area (Å²) in [4.78, 5) is 24.4. The van der Waals surface area contributed by atoms with Crippen LogP contribution < -0.4 is 10.1 Å². The Morgan fingerprint density at radius 2 is 1.83 bits per heavy atom. The fourth-order valence-corrected chi connectivity index (χ4v) is 2.33. The van der Waals surface area contributed by atoms with Crippen LogP contribution in [0.5, 0.6) is 5.75 Å². The topological polar surface area (TPSA) is 64.6 Å². The van der Waals surface area contributed by atoms with Gasteiger partial charge in [-0.3, -0.25) is 4.79 Å². The van der Waals surface area contributed by atoms with Crippen molar-refractivity contribution in [2.75, 3.05) is 12.4 Å². The lowest BCUT2D eigenvalue weighted by molar-refractivity contribution is -0.123. The Bertz CT molecular complexity index is 749. The SMILES string of the molecule is COc1ccc(Cl)cc1C(=O)O[C@@H](C)C(=O)Nc1ccc(Br)cc1. The molecule has 0 saturated heterocycles. The predicted octanol–water partition coefficient (Wildman–Crippen LogP) is 4.30. The van der Waals surface area contributed by atoms with Crippen molar-refractivity contribution < 1.29 is 19.1 Å². The van der Waals surface area contributed by atoms with Gasteiger partial charge in [0.15, 0.2) is 6.10 Å². The van der Waals surface area contributed by atoms with Gasteiger partial charge in [0.25, 0.3) is 5.91 Å². The van der Waals surface area contributed by atoms with Crippen molar-refractivity contribution in [1.29, 1.82) is 0 Å². The summed E-state index contributed by atoms with van der Waals surface area (Å²) in [6, 6.07) is 11.6. The molecule has 0 heterocycles. The van der Waals surface area contributed by atoms with Crippen LogP contribution in [0.15, 0.2) is 46.9 Å². The first kappa shape index (κ1) is 18.3. The number of esters is 1. The first-order valence-electron chi connectivity index (χ1n) is 7.01. The van der Waals surface area contributed by atoms with Crippen LogP contribution in [0, 0.1) is 0 Å². The third kappa shape index (κ3) is 4.72. The maximum absolute atomic E-state index is 12.2. The third-order valence-corrected chi connectivity index (χ3v) is 3.91. The number of methoxy groups -OCH3 is 1. The Hall–Kier alpha value is -2.05. The molecule has 126 valence electrons. The van der Waals surface area contributed by atoms with E-state index in [0.29, 0.717) is 16.5 Å². The minimum absolute atomic E-state index is 0.160. The Kier molecular flexibility index (Phi) is 6.23. The van der Waals surface area contributed by atoms with E-state index in [1.165, 1.54) is 20.1 Å². The van der Waals surface area contributed by atoms with Crippen LogP contribution in [0.2, 0.25) is 5.02 Å². The van der Waals surface area contributed by atoms with Crippen molar-refractivity contribution in [2.45, 2.75) is 13.0 Å². The van der Waals surface area contributed by atoms with Crippen molar-refractivity contribution in [1.82, 2.24) is 0 Å². The normalized spacial score (nSPS) is 11.5. The number of hydrogen-bond donors (Lipinski definition) is 1. The molecule has 2 rings (SSSR count). The van der Waals surface area contributed by atoms with Crippen molar-refractivity contribution >= 4 is 45.1 Å². The van der Waals surface area contributed by atoms with Crippen LogP contribution >= 0.6 is 27.5 Å². The summed E-state index contributed by atoms with van der Waals surface area (Å²) in [5, 5.41) is 3.04. The van der Waals surface area contributed by atoms with E-state index in [1.54, 1.807) is 36.4 Å². The fourth-order valence-electron chi connectivity index (χ4n) is 1.89. The van der Waals surface area contributed by atoms with Crippen LogP contribution in [0.4, 0.5) is 5.69 Å². The van der Waals surface area contributed by atoms with E-state index in [9.17, 15) is 9.59 Å². The average molecular weight is 413 g/mol. The molecular weight excluding hydrogens is 398 g/mol. The lowest BCUT2D eigenvalue weighted by atomic mass is 10.2. The standard InChI is InChI=1S/C17H15BrClNO4/c1-10(16(21)20-13-6-3-11(18)4-7-13)24-17(22)14-9-12(19)5-8-15(14)23-2/h3-10H,1-2H3,(H,20,21)/t10-/m0/s1. The lowest BCUT2D eigenvalue weighted by Crippen LogP contribution is -2.30. The lowest BCUT2D eigenvalue weighted by Gasteiger charge is -2.15. The van der Waals surface area contributed by atoms with Crippen molar-refractivity contribution in [2.24, 2.45) is 0 Å². The van der Waals surface area contributed by atoms with Crippen LogP contribution in [-0.4, -0.2) is 25.1 Å². The number of nitrogens with one attached hydrogen (secondary N) is 1. The van der Waals surface area contributed by atoms with E-state index in [2.05, 4.69) is 21.2 Å². The highest BCUT2D eigenvalue weighted by molar-refractivity contribution is 9.10. The second-order valence-electron chi connectivity index (χ2n) is 4.89. The largest absolute Gasteiger partial charge is 0.496 e. The van der Waals surface area contributed by atoms with Crippen LogP contribution in [0.3, 0.4) is 0 Å². The first-order valence-corrected chi connectivity index (χ1v) is 8.18. The number of amides is 1. The molecule has 0 spiro atoms. The van der Waals surface area contributed by atoms with Crippen LogP contribution in [0.25, 0.3) is 0 Å². The molecule has 1 atom stereocenters. The summed E-state index contributed by atoms with van der Waals surface area (Å²) in [7, 11) is 1.43. The minimum Gasteiger partial charge on any atom is -0.496 e. The van der Waals surface area contributed by atoms with E-state index >= 15 is 0 Å². The van der Waals surface area contributed by atoms with Gasteiger partial charge in [0.2, 0.25) is 0 Å². The zero-order valence-electron chi connectivity index (χ0n) is 13.0. The van der Waals surface area contributed by atoms with Gasteiger partial charge >= 0.3 is 5.97 Å². The Balaban J connectivity index is 2.04. The Labute approximate surface area is 153 Å². The first-order chi connectivity index (χ1) is 11.4. The number of hydrogen-bond acceptors (Lipinski definition) is 4. The average Bonchev–Trinajstić information content (AvgIpc) is 2.56. The number of rotatable bonds is 5. The number of anilines is 1. The molecule has 1 amide bonds. The quantitative estimate of drug-likeness (QED) is 0.744. The number of benzene rings is 2. The molecule has 0 radical (unpaired) electrons. The van der Waals surface area contributed by atoms with Gasteiger partial charge in [0, 0.05) is 15.2 Å². The molecule has 0 saturated carbocycles. The van der Waals surface area contributed by atoms with E-state index < -0.39 is 18.0 Å². The minimum atomic E-state index is -0.982. The second-order valence-corrected chi connectivity index (χ2v) is 6.24. The molecule has 0 aliphatic rings. The Morgan fingerprint density at radius 1 is 1.17 bits per heavy atom. The van der Waals surface area contributed by atoms with Gasteiger partial charge in [0.1, 0.15) is 11.3 Å². The Morgan fingerprint density at radius 3 is 2.46 bits per heavy atom. The van der Waals surface area contributed by atoms with Gasteiger partial charge in [-0.1, -0.05) is 27.5 Å². The van der Waals surface area contributed by atoms with Crippen molar-refractivity contribution in [3.63, 3.8) is 0 Å². The van der Waals surface area contributed by atoms with E-state index in [4.69, 9.17) is 21.1 Å². The zero-order valence-corrected chi connectivity index (χ0v) is 15.3. The maximum atomic E-state index is 12.2. The molecule has 2 aromatic rings. The van der Waals surface area contributed by atoms with Gasteiger partial charge < -0.3 is 14.8 Å². The summed E-state index contributed by atoms with van der Waals surface area (Å²) in [6.45, 7) is 1.49. The monoisotopic (exact) mass is 411 g/mol. The van der Waals surface area contributed by atoms with Crippen molar-refractivity contribution in [3.8, 4) is 5.75 Å². The highest BCUT2D eigenvalue weighted by Crippen LogP contribution is 2.24. The van der Waals surface area contributed by atoms with Gasteiger partial charge in [-0.05, 0) is 49.4 Å². The van der Waals surface area contributed by atoms with Gasteiger partial charge in [-0.2, -0.15) is 0 Å². The van der Waals surface area contributed by atoms with Gasteiger partial charge in [-0.25, -0.2) is 4.79 Å². The summed E-state index contributed by atoms with van der Waals surface area (Å²) < 4.78 is 11.2.